The van der Waals surface area contributed by atoms with Gasteiger partial charge in [0.25, 0.3) is 0 Å². The molecule has 1 saturated heterocycles. The molecule has 2 aromatic carbocycles. The molecule has 0 spiro atoms. The summed E-state index contributed by atoms with van der Waals surface area (Å²) in [5.41, 5.74) is 14.0. The normalized spacial score (nSPS) is 17.0. The number of aliphatic hydroxyl groups excluding tert-OH is 1. The van der Waals surface area contributed by atoms with Gasteiger partial charge in [0.15, 0.2) is 6.29 Å². The Morgan fingerprint density at radius 3 is 2.00 bits per heavy atom. The van der Waals surface area contributed by atoms with Gasteiger partial charge in [0.2, 0.25) is 0 Å². The fraction of sp³-hybridized carbons (Fsp3) is 0.333. The standard InChI is InChI=1S/C18H23N3O2/c19-14-1-5-16(6-2-14)21-11-9-13(10-12-21)18(22)23-17-7-3-15(20)4-8-17/h1-8,13,18,22H,9-12,19-20H2. The number of hydrogen-bond donors (Lipinski definition) is 3. The lowest BCUT2D eigenvalue weighted by atomic mass is 9.95. The Morgan fingerprint density at radius 1 is 0.913 bits per heavy atom. The van der Waals surface area contributed by atoms with Gasteiger partial charge in [-0.3, -0.25) is 0 Å². The molecular weight excluding hydrogens is 290 g/mol. The molecule has 1 fully saturated rings. The summed E-state index contributed by atoms with van der Waals surface area (Å²) >= 11 is 0. The van der Waals surface area contributed by atoms with Crippen LogP contribution in [0.25, 0.3) is 0 Å². The van der Waals surface area contributed by atoms with Gasteiger partial charge in [0.1, 0.15) is 5.75 Å². The van der Waals surface area contributed by atoms with E-state index in [4.69, 9.17) is 16.2 Å². The molecule has 5 nitrogen and oxygen atoms in total. The lowest BCUT2D eigenvalue weighted by molar-refractivity contribution is -0.0687. The SMILES string of the molecule is Nc1ccc(OC(O)C2CCN(c3ccc(N)cc3)CC2)cc1. The van der Waals surface area contributed by atoms with Crippen molar-refractivity contribution in [1.29, 1.82) is 0 Å². The summed E-state index contributed by atoms with van der Waals surface area (Å²) in [6, 6.07) is 15.0. The minimum absolute atomic E-state index is 0.137. The van der Waals surface area contributed by atoms with Gasteiger partial charge in [-0.25, -0.2) is 0 Å². The minimum atomic E-state index is -0.785. The third-order valence-electron chi connectivity index (χ3n) is 4.34. The fourth-order valence-corrected chi connectivity index (χ4v) is 2.91. The van der Waals surface area contributed by atoms with Crippen LogP contribution in [-0.2, 0) is 0 Å². The average Bonchev–Trinajstić information content (AvgIpc) is 2.58. The molecule has 1 unspecified atom stereocenters. The Kier molecular flexibility index (Phi) is 4.57. The summed E-state index contributed by atoms with van der Waals surface area (Å²) < 4.78 is 5.63. The highest BCUT2D eigenvalue weighted by Gasteiger charge is 2.26. The van der Waals surface area contributed by atoms with Gasteiger partial charge in [-0.15, -0.1) is 0 Å². The maximum absolute atomic E-state index is 10.3. The third kappa shape index (κ3) is 3.87. The van der Waals surface area contributed by atoms with Crippen LogP contribution in [0, 0.1) is 5.92 Å². The van der Waals surface area contributed by atoms with Crippen molar-refractivity contribution in [3.8, 4) is 5.75 Å². The van der Waals surface area contributed by atoms with Crippen molar-refractivity contribution in [3.63, 3.8) is 0 Å². The van der Waals surface area contributed by atoms with Gasteiger partial charge >= 0.3 is 0 Å². The smallest absolute Gasteiger partial charge is 0.200 e. The number of benzene rings is 2. The van der Waals surface area contributed by atoms with Crippen LogP contribution in [0.2, 0.25) is 0 Å². The van der Waals surface area contributed by atoms with Crippen molar-refractivity contribution in [2.24, 2.45) is 5.92 Å². The number of hydrogen-bond acceptors (Lipinski definition) is 5. The largest absolute Gasteiger partial charge is 0.465 e. The summed E-state index contributed by atoms with van der Waals surface area (Å²) in [6.45, 7) is 1.80. The Balaban J connectivity index is 1.53. The third-order valence-corrected chi connectivity index (χ3v) is 4.34. The van der Waals surface area contributed by atoms with Crippen LogP contribution >= 0.6 is 0 Å². The summed E-state index contributed by atoms with van der Waals surface area (Å²) in [7, 11) is 0. The second-order valence-corrected chi connectivity index (χ2v) is 5.99. The van der Waals surface area contributed by atoms with E-state index in [1.165, 1.54) is 5.69 Å². The van der Waals surface area contributed by atoms with Crippen LogP contribution in [0.4, 0.5) is 17.1 Å². The molecule has 122 valence electrons. The molecule has 3 rings (SSSR count). The fourth-order valence-electron chi connectivity index (χ4n) is 2.91. The number of nitrogens with two attached hydrogens (primary N) is 2. The van der Waals surface area contributed by atoms with Gasteiger partial charge in [-0.2, -0.15) is 0 Å². The lowest BCUT2D eigenvalue weighted by Gasteiger charge is -2.35. The van der Waals surface area contributed by atoms with Crippen molar-refractivity contribution in [1.82, 2.24) is 0 Å². The lowest BCUT2D eigenvalue weighted by Crippen LogP contribution is -2.39. The Labute approximate surface area is 136 Å². The van der Waals surface area contributed by atoms with E-state index in [-0.39, 0.29) is 5.92 Å². The molecule has 23 heavy (non-hydrogen) atoms. The van der Waals surface area contributed by atoms with Gasteiger partial charge in [-0.05, 0) is 61.4 Å². The van der Waals surface area contributed by atoms with E-state index < -0.39 is 6.29 Å². The summed E-state index contributed by atoms with van der Waals surface area (Å²) in [5, 5.41) is 10.3. The first kappa shape index (κ1) is 15.5. The van der Waals surface area contributed by atoms with Crippen LogP contribution < -0.4 is 21.1 Å². The zero-order valence-corrected chi connectivity index (χ0v) is 13.1. The molecule has 1 atom stereocenters. The van der Waals surface area contributed by atoms with Gasteiger partial charge in [0.05, 0.1) is 0 Å². The molecule has 5 N–H and O–H groups in total. The number of piperidine rings is 1. The first-order valence-electron chi connectivity index (χ1n) is 7.92. The molecule has 5 heteroatoms. The van der Waals surface area contributed by atoms with Crippen LogP contribution in [0.3, 0.4) is 0 Å². The van der Waals surface area contributed by atoms with E-state index in [1.807, 2.05) is 24.3 Å². The molecule has 0 aliphatic carbocycles. The number of anilines is 3. The monoisotopic (exact) mass is 313 g/mol. The molecule has 0 amide bonds. The first-order valence-corrected chi connectivity index (χ1v) is 7.92. The molecular formula is C18H23N3O2. The molecule has 1 heterocycles. The molecule has 0 aromatic heterocycles. The van der Waals surface area contributed by atoms with Crippen LogP contribution in [0.15, 0.2) is 48.5 Å². The van der Waals surface area contributed by atoms with Crippen LogP contribution in [0.5, 0.6) is 5.75 Å². The zero-order valence-electron chi connectivity index (χ0n) is 13.1. The van der Waals surface area contributed by atoms with Crippen molar-refractivity contribution in [2.75, 3.05) is 29.5 Å². The van der Waals surface area contributed by atoms with E-state index in [9.17, 15) is 5.11 Å². The van der Waals surface area contributed by atoms with Crippen molar-refractivity contribution >= 4 is 17.1 Å². The van der Waals surface area contributed by atoms with Crippen molar-refractivity contribution in [2.45, 2.75) is 19.1 Å². The Bertz CT molecular complexity index is 620. The number of ether oxygens (including phenoxy) is 1. The molecule has 1 aliphatic rings. The van der Waals surface area contributed by atoms with Crippen LogP contribution in [0.1, 0.15) is 12.8 Å². The molecule has 0 bridgehead atoms. The highest BCUT2D eigenvalue weighted by Crippen LogP contribution is 2.27. The molecule has 0 radical (unpaired) electrons. The predicted molar refractivity (Wildman–Crippen MR) is 93.3 cm³/mol. The van der Waals surface area contributed by atoms with Crippen molar-refractivity contribution < 1.29 is 9.84 Å². The minimum Gasteiger partial charge on any atom is -0.465 e. The summed E-state index contributed by atoms with van der Waals surface area (Å²) in [4.78, 5) is 2.31. The van der Waals surface area contributed by atoms with Gasteiger partial charge < -0.3 is 26.2 Å². The Hall–Kier alpha value is -2.40. The predicted octanol–water partition coefficient (Wildman–Crippen LogP) is 2.46. The van der Waals surface area contributed by atoms with E-state index in [2.05, 4.69) is 4.90 Å². The number of nitrogen functional groups attached to an aromatic ring is 2. The maximum Gasteiger partial charge on any atom is 0.200 e. The summed E-state index contributed by atoms with van der Waals surface area (Å²) in [5.74, 6) is 0.783. The molecule has 0 saturated carbocycles. The van der Waals surface area contributed by atoms with E-state index in [0.29, 0.717) is 11.4 Å². The molecule has 2 aromatic rings. The highest BCUT2D eigenvalue weighted by molar-refractivity contribution is 5.53. The second kappa shape index (κ2) is 6.79. The highest BCUT2D eigenvalue weighted by atomic mass is 16.6. The van der Waals surface area contributed by atoms with E-state index >= 15 is 0 Å². The maximum atomic E-state index is 10.3. The quantitative estimate of drug-likeness (QED) is 0.596. The zero-order chi connectivity index (χ0) is 16.2. The summed E-state index contributed by atoms with van der Waals surface area (Å²) in [6.07, 6.45) is 0.994. The van der Waals surface area contributed by atoms with E-state index in [0.717, 1.165) is 31.6 Å². The Morgan fingerprint density at radius 2 is 1.43 bits per heavy atom. The molecule has 1 aliphatic heterocycles. The second-order valence-electron chi connectivity index (χ2n) is 5.99. The topological polar surface area (TPSA) is 84.7 Å². The number of aliphatic hydroxyl groups is 1. The van der Waals surface area contributed by atoms with Gasteiger partial charge in [-0.1, -0.05) is 0 Å². The van der Waals surface area contributed by atoms with Crippen molar-refractivity contribution in [3.05, 3.63) is 48.5 Å². The van der Waals surface area contributed by atoms with Gasteiger partial charge in [0, 0.05) is 36.1 Å². The first-order chi connectivity index (χ1) is 11.1. The van der Waals surface area contributed by atoms with Crippen LogP contribution in [-0.4, -0.2) is 24.5 Å². The average molecular weight is 313 g/mol. The number of nitrogens with zero attached hydrogens (tertiary/aromatic N) is 1. The van der Waals surface area contributed by atoms with E-state index in [1.54, 1.807) is 24.3 Å². The number of rotatable bonds is 4.